The van der Waals surface area contributed by atoms with Gasteiger partial charge in [-0.2, -0.15) is 0 Å². The van der Waals surface area contributed by atoms with Gasteiger partial charge in [-0.05, 0) is 69.0 Å². The summed E-state index contributed by atoms with van der Waals surface area (Å²) in [7, 11) is 6.76. The molecular formula is C46H69N5O9. The first-order chi connectivity index (χ1) is 28.2. The summed E-state index contributed by atoms with van der Waals surface area (Å²) in [6.45, 7) is 15.5. The smallest absolute Gasteiger partial charge is 0.329 e. The number of hydrogen-bond donors (Lipinski definition) is 0. The van der Waals surface area contributed by atoms with Crippen LogP contribution in [0.4, 0.5) is 0 Å². The molecule has 0 bridgehead atoms. The van der Waals surface area contributed by atoms with Gasteiger partial charge in [0.25, 0.3) is 11.8 Å². The lowest BCUT2D eigenvalue weighted by molar-refractivity contribution is -0.170. The maximum absolute atomic E-state index is 14.5. The van der Waals surface area contributed by atoms with Crippen molar-refractivity contribution < 1.29 is 43.0 Å². The first-order valence-electron chi connectivity index (χ1n) is 21.7. The molecule has 14 heteroatoms. The van der Waals surface area contributed by atoms with Crippen molar-refractivity contribution in [2.75, 3.05) is 41.3 Å². The second-order valence-electron chi connectivity index (χ2n) is 18.3. The van der Waals surface area contributed by atoms with E-state index in [2.05, 4.69) is 0 Å². The summed E-state index contributed by atoms with van der Waals surface area (Å²) in [6.07, 6.45) is 2.12. The molecular weight excluding hydrogens is 767 g/mol. The van der Waals surface area contributed by atoms with Gasteiger partial charge < -0.3 is 24.2 Å². The molecule has 332 valence electrons. The number of benzene rings is 1. The number of carbonyl (C=O) groups is 7. The van der Waals surface area contributed by atoms with Crippen molar-refractivity contribution in [1.82, 2.24) is 24.5 Å². The highest BCUT2D eigenvalue weighted by atomic mass is 16.6. The van der Waals surface area contributed by atoms with E-state index in [1.807, 2.05) is 90.9 Å². The van der Waals surface area contributed by atoms with E-state index in [4.69, 9.17) is 9.47 Å². The van der Waals surface area contributed by atoms with Gasteiger partial charge in [-0.1, -0.05) is 85.7 Å². The quantitative estimate of drug-likeness (QED) is 0.195. The zero-order valence-electron chi connectivity index (χ0n) is 37.9. The highest BCUT2D eigenvalue weighted by Gasteiger charge is 2.48. The maximum atomic E-state index is 14.5. The lowest BCUT2D eigenvalue weighted by Crippen LogP contribution is -2.58. The third kappa shape index (κ3) is 10.6. The molecule has 1 aromatic carbocycles. The van der Waals surface area contributed by atoms with Crippen LogP contribution < -0.4 is 0 Å². The lowest BCUT2D eigenvalue weighted by atomic mass is 9.84. The number of likely N-dealkylation sites (N-methyl/N-ethyl adjacent to an activating group) is 2. The van der Waals surface area contributed by atoms with E-state index in [9.17, 15) is 33.6 Å². The Kier molecular flexibility index (Phi) is 16.7. The Hall–Kier alpha value is -4.59. The van der Waals surface area contributed by atoms with Gasteiger partial charge in [-0.15, -0.1) is 0 Å². The molecule has 3 aliphatic rings. The fourth-order valence-electron chi connectivity index (χ4n) is 9.29. The molecule has 3 heterocycles. The number of methoxy groups -OCH3 is 1. The number of ether oxygens (including phenoxy) is 2. The number of rotatable bonds is 18. The highest BCUT2D eigenvalue weighted by molar-refractivity contribution is 6.06. The largest absolute Gasteiger partial charge is 0.499 e. The monoisotopic (exact) mass is 836 g/mol. The number of likely N-dealkylation sites (tertiary alicyclic amines) is 2. The Morgan fingerprint density at radius 2 is 1.33 bits per heavy atom. The second kappa shape index (κ2) is 20.8. The Bertz CT molecular complexity index is 1750. The van der Waals surface area contributed by atoms with Gasteiger partial charge >= 0.3 is 5.97 Å². The van der Waals surface area contributed by atoms with E-state index in [0.717, 1.165) is 10.5 Å². The molecule has 1 unspecified atom stereocenters. The van der Waals surface area contributed by atoms with Gasteiger partial charge in [0, 0.05) is 45.0 Å². The van der Waals surface area contributed by atoms with E-state index in [1.165, 1.54) is 23.0 Å². The van der Waals surface area contributed by atoms with Gasteiger partial charge in [0.15, 0.2) is 11.9 Å². The SMILES string of the molecule is COC1=CC(=O)N(C(=O)[C@@H](OC(=O)[C@@H]2CCCN2C(=O)C2CCCN2C(=O)[C@H](C(C)C)N(C)C(=O)[C@@H](CC(=O)[C@H](C(C)C)N(C)C)C(C)C)C(C)C)[C@H]1Cc1ccccc1. The molecule has 4 rings (SSSR count). The molecule has 0 spiro atoms. The van der Waals surface area contributed by atoms with Crippen LogP contribution in [0.15, 0.2) is 42.2 Å². The molecule has 60 heavy (non-hydrogen) atoms. The molecule has 2 fully saturated rings. The zero-order chi connectivity index (χ0) is 44.7. The summed E-state index contributed by atoms with van der Waals surface area (Å²) in [5.74, 6) is -4.25. The topological polar surface area (TPSA) is 154 Å². The van der Waals surface area contributed by atoms with Crippen molar-refractivity contribution in [1.29, 1.82) is 0 Å². The van der Waals surface area contributed by atoms with Crippen LogP contribution in [-0.2, 0) is 49.5 Å². The molecule has 1 aromatic rings. The Balaban J connectivity index is 1.50. The Morgan fingerprint density at radius 3 is 1.87 bits per heavy atom. The molecule has 0 N–H and O–H groups in total. The van der Waals surface area contributed by atoms with Crippen LogP contribution in [0, 0.1) is 29.6 Å². The summed E-state index contributed by atoms with van der Waals surface area (Å²) >= 11 is 0. The van der Waals surface area contributed by atoms with Crippen molar-refractivity contribution in [3.05, 3.63) is 47.7 Å². The number of Topliss-reactive ketones (excluding diaryl/α,β-unsaturated/α-hetero) is 1. The van der Waals surface area contributed by atoms with Crippen molar-refractivity contribution in [2.45, 2.75) is 130 Å². The van der Waals surface area contributed by atoms with Crippen LogP contribution in [0.3, 0.4) is 0 Å². The van der Waals surface area contributed by atoms with Crippen LogP contribution in [0.2, 0.25) is 0 Å². The summed E-state index contributed by atoms with van der Waals surface area (Å²) in [5, 5.41) is 0. The third-order valence-electron chi connectivity index (χ3n) is 12.3. The molecule has 0 radical (unpaired) electrons. The first kappa shape index (κ1) is 48.1. The number of ketones is 1. The van der Waals surface area contributed by atoms with Crippen LogP contribution in [0.1, 0.15) is 93.1 Å². The van der Waals surface area contributed by atoms with Gasteiger partial charge in [0.1, 0.15) is 29.9 Å². The van der Waals surface area contributed by atoms with E-state index in [0.29, 0.717) is 44.4 Å². The summed E-state index contributed by atoms with van der Waals surface area (Å²) in [6, 6.07) is 5.60. The Morgan fingerprint density at radius 1 is 0.750 bits per heavy atom. The van der Waals surface area contributed by atoms with Crippen molar-refractivity contribution in [3.63, 3.8) is 0 Å². The first-order valence-corrected chi connectivity index (χ1v) is 21.7. The van der Waals surface area contributed by atoms with Crippen molar-refractivity contribution in [3.8, 4) is 0 Å². The van der Waals surface area contributed by atoms with Crippen molar-refractivity contribution >= 4 is 41.3 Å². The van der Waals surface area contributed by atoms with Gasteiger partial charge in [-0.3, -0.25) is 38.6 Å². The number of nitrogens with zero attached hydrogens (tertiary/aromatic N) is 5. The average Bonchev–Trinajstić information content (AvgIpc) is 3.94. The van der Waals surface area contributed by atoms with Crippen LogP contribution >= 0.6 is 0 Å². The molecule has 0 aromatic heterocycles. The van der Waals surface area contributed by atoms with Crippen LogP contribution in [0.5, 0.6) is 0 Å². The van der Waals surface area contributed by atoms with Crippen LogP contribution in [0.25, 0.3) is 0 Å². The van der Waals surface area contributed by atoms with Crippen LogP contribution in [-0.4, -0.2) is 143 Å². The average molecular weight is 836 g/mol. The summed E-state index contributed by atoms with van der Waals surface area (Å²) in [4.78, 5) is 106. The standard InChI is InChI=1S/C46H69N5O9/c1-27(2)32(25-36(52)39(28(3)4)47(9)10)42(54)48(11)40(29(5)6)44(56)49-22-16-20-33(49)43(55)50-23-17-21-34(50)46(58)60-41(30(7)8)45(57)51-35(37(59-12)26-38(51)53)24-31-18-14-13-15-19-31/h13-15,18-19,26-30,32-35,39-41H,16-17,20-25H2,1-12H3/t32-,33?,34-,35-,39-,40-,41-/m0/s1. The molecule has 0 saturated carbocycles. The number of carbonyl (C=O) groups excluding carboxylic acids is 7. The number of hydrogen-bond acceptors (Lipinski definition) is 10. The fraction of sp³-hybridized carbons (Fsp3) is 0.674. The number of esters is 1. The maximum Gasteiger partial charge on any atom is 0.329 e. The molecule has 5 amide bonds. The minimum Gasteiger partial charge on any atom is -0.499 e. The second-order valence-corrected chi connectivity index (χ2v) is 18.3. The number of imide groups is 1. The van der Waals surface area contributed by atoms with Crippen molar-refractivity contribution in [2.24, 2.45) is 29.6 Å². The molecule has 3 aliphatic heterocycles. The molecule has 7 atom stereocenters. The Labute approximate surface area is 356 Å². The highest BCUT2D eigenvalue weighted by Crippen LogP contribution is 2.31. The fourth-order valence-corrected chi connectivity index (χ4v) is 9.29. The van der Waals surface area contributed by atoms with E-state index >= 15 is 0 Å². The molecule has 14 nitrogen and oxygen atoms in total. The normalized spacial score (nSPS) is 21.5. The lowest BCUT2D eigenvalue weighted by Gasteiger charge is -2.38. The van der Waals surface area contributed by atoms with E-state index in [-0.39, 0.29) is 60.3 Å². The zero-order valence-corrected chi connectivity index (χ0v) is 37.9. The van der Waals surface area contributed by atoms with Gasteiger partial charge in [0.2, 0.25) is 17.7 Å². The predicted octanol–water partition coefficient (Wildman–Crippen LogP) is 4.35. The predicted molar refractivity (Wildman–Crippen MR) is 227 cm³/mol. The minimum atomic E-state index is -1.31. The number of amides is 5. The van der Waals surface area contributed by atoms with Gasteiger partial charge in [-0.25, -0.2) is 4.79 Å². The molecule has 2 saturated heterocycles. The molecule has 0 aliphatic carbocycles. The summed E-state index contributed by atoms with van der Waals surface area (Å²) < 4.78 is 11.5. The summed E-state index contributed by atoms with van der Waals surface area (Å²) in [5.41, 5.74) is 0.889. The third-order valence-corrected chi connectivity index (χ3v) is 12.3. The van der Waals surface area contributed by atoms with E-state index < -0.39 is 59.9 Å². The van der Waals surface area contributed by atoms with E-state index in [1.54, 1.807) is 25.8 Å². The minimum absolute atomic E-state index is 0.0233. The van der Waals surface area contributed by atoms with Gasteiger partial charge in [0.05, 0.1) is 13.2 Å².